The van der Waals surface area contributed by atoms with Crippen LogP contribution in [-0.2, 0) is 87.9 Å². The van der Waals surface area contributed by atoms with Gasteiger partial charge >= 0.3 is 11.9 Å². The van der Waals surface area contributed by atoms with Crippen LogP contribution in [0.3, 0.4) is 0 Å². The number of H-pyrrole nitrogens is 1. The number of aromatic nitrogens is 1. The zero-order chi connectivity index (χ0) is 84.9. The predicted molar refractivity (Wildman–Crippen MR) is 404 cm³/mol. The van der Waals surface area contributed by atoms with E-state index in [4.69, 9.17) is 11.5 Å². The number of aliphatic hydroxyl groups is 3. The van der Waals surface area contributed by atoms with Gasteiger partial charge in [-0.1, -0.05) is 114 Å². The van der Waals surface area contributed by atoms with E-state index in [0.717, 1.165) is 18.7 Å². The highest BCUT2D eigenvalue weighted by Crippen LogP contribution is 2.22. The second-order valence-electron chi connectivity index (χ2n) is 29.9. The Labute approximate surface area is 649 Å². The third kappa shape index (κ3) is 30.0. The Hall–Kier alpha value is -10.4. The van der Waals surface area contributed by atoms with Crippen LogP contribution in [0.25, 0.3) is 10.9 Å². The number of hydrogen-bond acceptors (Lipinski definition) is 21. The number of aromatic amines is 1. The minimum Gasteiger partial charge on any atom is -0.481 e. The lowest BCUT2D eigenvalue weighted by Crippen LogP contribution is -2.63. The first kappa shape index (κ1) is 95.8. The molecule has 1 aliphatic rings. The summed E-state index contributed by atoms with van der Waals surface area (Å²) in [5, 5.41) is 83.0. The molecule has 39 nitrogen and oxygen atoms in total. The van der Waals surface area contributed by atoms with Gasteiger partial charge in [0.1, 0.15) is 72.5 Å². The van der Waals surface area contributed by atoms with Gasteiger partial charge in [0.15, 0.2) is 0 Å². The molecule has 1 saturated heterocycles. The SMILES string of the molecule is CC[C@H](C)[C@H](N)C(=O)N[C@@H](CC(=O)O)C(=O)N[C@@H](CC(N)=O)C(=O)N[C@H](C(=O)N[C@@H](Cc1c[nH]c2ccccc12)C(=O)NCC(=O)N1CCC[C@H]1C(=O)NCC(=O)N[C@H](C(=O)N[C@@H](CC(C)C)C(=O)N[C@H](C(=O)N[C@H](C(=O)N[C@H](C(=O)N[C@@H](CO)C(=O)N[C@@H](CC(C)C)C(=O)O)C(C)C)[C@@H](C)O)C(C)C)[C@@H](C)O)[C@@H](C)CC. The van der Waals surface area contributed by atoms with Crippen molar-refractivity contribution in [2.45, 2.75) is 245 Å². The van der Waals surface area contributed by atoms with Crippen LogP contribution in [0.1, 0.15) is 154 Å². The van der Waals surface area contributed by atoms with Crippen molar-refractivity contribution >= 4 is 111 Å². The molecule has 2 aromatic rings. The summed E-state index contributed by atoms with van der Waals surface area (Å²) in [7, 11) is 0. The maximum atomic E-state index is 14.5. The van der Waals surface area contributed by atoms with Gasteiger partial charge in [0.25, 0.3) is 0 Å². The number of carboxylic acids is 2. The fourth-order valence-corrected chi connectivity index (χ4v) is 12.0. The molecular formula is C73H117N17O22. The molecule has 0 saturated carbocycles. The quantitative estimate of drug-likeness (QED) is 0.0296. The summed E-state index contributed by atoms with van der Waals surface area (Å²) < 4.78 is 0. The molecule has 3 rings (SSSR count). The number of carbonyl (C=O) groups is 17. The summed E-state index contributed by atoms with van der Waals surface area (Å²) in [5.74, 6) is -20.7. The van der Waals surface area contributed by atoms with Gasteiger partial charge in [-0.15, -0.1) is 0 Å². The van der Waals surface area contributed by atoms with Crippen molar-refractivity contribution in [3.8, 4) is 0 Å². The third-order valence-electron chi connectivity index (χ3n) is 19.0. The van der Waals surface area contributed by atoms with E-state index in [-0.39, 0.29) is 56.4 Å². The summed E-state index contributed by atoms with van der Waals surface area (Å²) in [5.41, 5.74) is 12.7. The third-order valence-corrected chi connectivity index (χ3v) is 19.0. The topological polar surface area (TPSA) is 619 Å². The van der Waals surface area contributed by atoms with Gasteiger partial charge in [-0.2, -0.15) is 0 Å². The fraction of sp³-hybridized carbons (Fsp3) is 0.658. The molecule has 1 aromatic heterocycles. The molecule has 1 aliphatic heterocycles. The number of benzene rings is 1. The van der Waals surface area contributed by atoms with E-state index >= 15 is 0 Å². The number of aliphatic hydroxyl groups excluding tert-OH is 3. The van der Waals surface area contributed by atoms with Gasteiger partial charge in [0, 0.05) is 30.1 Å². The van der Waals surface area contributed by atoms with E-state index in [1.54, 1.807) is 85.9 Å². The Kier molecular flexibility index (Phi) is 39.2. The zero-order valence-electron chi connectivity index (χ0n) is 66.0. The first-order chi connectivity index (χ1) is 52.4. The molecular weight excluding hydrogens is 1470 g/mol. The Bertz CT molecular complexity index is 3640. The van der Waals surface area contributed by atoms with Gasteiger partial charge in [-0.05, 0) is 86.7 Å². The first-order valence-corrected chi connectivity index (χ1v) is 37.6. The second-order valence-corrected chi connectivity index (χ2v) is 29.9. The largest absolute Gasteiger partial charge is 0.481 e. The lowest BCUT2D eigenvalue weighted by atomic mass is 9.96. The van der Waals surface area contributed by atoms with Gasteiger partial charge in [0.05, 0.1) is 50.8 Å². The Balaban J connectivity index is 1.76. The van der Waals surface area contributed by atoms with E-state index in [1.165, 1.54) is 27.7 Å². The van der Waals surface area contributed by atoms with E-state index in [2.05, 4.69) is 74.1 Å². The number of nitrogens with two attached hydrogens (primary N) is 2. The van der Waals surface area contributed by atoms with Crippen molar-refractivity contribution in [3.05, 3.63) is 36.0 Å². The minimum absolute atomic E-state index is 0.0135. The number of amides is 15. The normalized spacial score (nSPS) is 17.1. The average molecular weight is 1580 g/mol. The average Bonchev–Trinajstić information content (AvgIpc) is 1.61. The van der Waals surface area contributed by atoms with E-state index in [9.17, 15) is 107 Å². The van der Waals surface area contributed by atoms with Crippen LogP contribution >= 0.6 is 0 Å². The number of nitrogens with zero attached hydrogens (tertiary/aromatic N) is 1. The van der Waals surface area contributed by atoms with Crippen LogP contribution in [0.4, 0.5) is 0 Å². The van der Waals surface area contributed by atoms with E-state index in [0.29, 0.717) is 29.3 Å². The standard InChI is InChI=1S/C73H117N17O22/c1-15-37(11)55(75)67(105)80-47(28-54(97)98)62(100)79-46(27-51(74)94)64(102)88-58(38(12)16-2)70(108)82-45(26-41-29-76-43-21-18-17-20-42(41)43)61(99)78-31-53(96)90-23-19-22-50(90)66(104)77-30-52(95)85-59(39(13)92)71(109)81-44(24-33(3)4)63(101)86-57(36(9)10)69(107)89-60(40(14)93)72(110)87-56(35(7)8)68(106)84-49(32-91)65(103)83-48(73(111)112)25-34(5)6/h17-18,20-21,29,33-40,44-50,55-60,76,91-93H,15-16,19,22-28,30-32,75H2,1-14H3,(H2,74,94)(H,77,104)(H,78,99)(H,79,100)(H,80,105)(H,81,109)(H,82,108)(H,83,103)(H,84,106)(H,85,95)(H,86,101)(H,87,110)(H,88,102)(H,89,107)(H,97,98)(H,111,112)/t37-,38-,39+,40+,44-,45-,46-,47-,48-,49-,50-,55-,56-,57-,58-,59-,60-/m0/s1. The van der Waals surface area contributed by atoms with Crippen LogP contribution in [0.5, 0.6) is 0 Å². The first-order valence-electron chi connectivity index (χ1n) is 37.6. The lowest BCUT2D eigenvalue weighted by molar-refractivity contribution is -0.143. The van der Waals surface area contributed by atoms with E-state index in [1.807, 2.05) is 0 Å². The van der Waals surface area contributed by atoms with Crippen LogP contribution in [0, 0.1) is 35.5 Å². The van der Waals surface area contributed by atoms with Gasteiger partial charge in [-0.25, -0.2) is 4.79 Å². The monoisotopic (exact) mass is 1580 g/mol. The number of hydrogen-bond donors (Lipinski definition) is 21. The second kappa shape index (κ2) is 45.8. The van der Waals surface area contributed by atoms with E-state index < -0.39 is 242 Å². The highest BCUT2D eigenvalue weighted by molar-refractivity contribution is 6.01. The lowest BCUT2D eigenvalue weighted by Gasteiger charge is -2.30. The molecule has 15 amide bonds. The van der Waals surface area contributed by atoms with Crippen LogP contribution in [0.15, 0.2) is 30.5 Å². The van der Waals surface area contributed by atoms with Crippen LogP contribution < -0.4 is 80.6 Å². The van der Waals surface area contributed by atoms with Crippen molar-refractivity contribution in [1.29, 1.82) is 0 Å². The molecule has 112 heavy (non-hydrogen) atoms. The molecule has 39 heteroatoms. The maximum absolute atomic E-state index is 14.5. The minimum atomic E-state index is -1.83. The number of fused-ring (bicyclic) bond motifs is 1. The van der Waals surface area contributed by atoms with Gasteiger partial charge < -0.3 is 116 Å². The molecule has 1 fully saturated rings. The molecule has 0 unspecified atom stereocenters. The summed E-state index contributed by atoms with van der Waals surface area (Å²) in [6.07, 6.45) is -2.66. The summed E-state index contributed by atoms with van der Waals surface area (Å²) in [6.45, 7) is 19.5. The molecule has 23 N–H and O–H groups in total. The number of para-hydroxylation sites is 1. The van der Waals surface area contributed by atoms with Crippen molar-refractivity contribution in [2.75, 3.05) is 26.2 Å². The molecule has 1 aromatic carbocycles. The summed E-state index contributed by atoms with van der Waals surface area (Å²) in [4.78, 5) is 234. The number of aliphatic carboxylic acids is 2. The molecule has 0 radical (unpaired) electrons. The molecule has 0 spiro atoms. The van der Waals surface area contributed by atoms with Crippen molar-refractivity contribution in [1.82, 2.24) is 79.0 Å². The molecule has 0 bridgehead atoms. The van der Waals surface area contributed by atoms with Crippen molar-refractivity contribution in [2.24, 2.45) is 47.0 Å². The number of rotatable bonds is 47. The Morgan fingerprint density at radius 2 is 0.946 bits per heavy atom. The van der Waals surface area contributed by atoms with Crippen molar-refractivity contribution < 1.29 is 107 Å². The van der Waals surface area contributed by atoms with Gasteiger partial charge in [-0.3, -0.25) is 76.7 Å². The molecule has 626 valence electrons. The Morgan fingerprint density at radius 1 is 0.500 bits per heavy atom. The Morgan fingerprint density at radius 3 is 1.49 bits per heavy atom. The maximum Gasteiger partial charge on any atom is 0.326 e. The zero-order valence-corrected chi connectivity index (χ0v) is 66.0. The highest BCUT2D eigenvalue weighted by atomic mass is 16.4. The highest BCUT2D eigenvalue weighted by Gasteiger charge is 2.41. The molecule has 0 aliphatic carbocycles. The summed E-state index contributed by atoms with van der Waals surface area (Å²) in [6, 6.07) is -12.8. The number of carbonyl (C=O) groups excluding carboxylic acids is 15. The number of likely N-dealkylation sites (tertiary alicyclic amines) is 1. The molecule has 17 atom stereocenters. The fourth-order valence-electron chi connectivity index (χ4n) is 12.0. The number of primary amides is 1. The molecule has 2 heterocycles. The van der Waals surface area contributed by atoms with Crippen molar-refractivity contribution in [3.63, 3.8) is 0 Å². The number of nitrogens with one attached hydrogen (secondary N) is 14. The predicted octanol–water partition coefficient (Wildman–Crippen LogP) is -4.72. The van der Waals surface area contributed by atoms with Crippen LogP contribution in [0.2, 0.25) is 0 Å². The number of carboxylic acid groups (broad SMARTS) is 2. The smallest absolute Gasteiger partial charge is 0.326 e. The van der Waals surface area contributed by atoms with Crippen LogP contribution in [-0.4, -0.2) is 253 Å². The van der Waals surface area contributed by atoms with Gasteiger partial charge in [0.2, 0.25) is 88.6 Å². The summed E-state index contributed by atoms with van der Waals surface area (Å²) >= 11 is 0.